The Morgan fingerprint density at radius 1 is 0.771 bits per heavy atom. The van der Waals surface area contributed by atoms with Crippen LogP contribution in [-0.4, -0.2) is 83.9 Å². The van der Waals surface area contributed by atoms with Gasteiger partial charge in [0, 0.05) is 38.5 Å². The van der Waals surface area contributed by atoms with Gasteiger partial charge in [-0.25, -0.2) is 14.4 Å². The van der Waals surface area contributed by atoms with Crippen LogP contribution < -0.4 is 5.32 Å². The molecular weight excluding hydrogens is 610 g/mol. The van der Waals surface area contributed by atoms with E-state index in [1.54, 1.807) is 25.7 Å². The molecule has 5 rings (SSSR count). The van der Waals surface area contributed by atoms with E-state index >= 15 is 0 Å². The van der Waals surface area contributed by atoms with Gasteiger partial charge in [-0.1, -0.05) is 48.5 Å². The van der Waals surface area contributed by atoms with Gasteiger partial charge in [0.25, 0.3) is 0 Å². The third-order valence-electron chi connectivity index (χ3n) is 9.63. The van der Waals surface area contributed by atoms with Crippen LogP contribution in [0.25, 0.3) is 11.1 Å². The number of carbonyl (C=O) groups is 4. The topological polar surface area (TPSA) is 114 Å². The fourth-order valence-corrected chi connectivity index (χ4v) is 7.05. The Bertz CT molecular complexity index is 1440. The van der Waals surface area contributed by atoms with E-state index in [0.29, 0.717) is 26.2 Å². The summed E-state index contributed by atoms with van der Waals surface area (Å²) >= 11 is 0. The Morgan fingerprint density at radius 2 is 1.27 bits per heavy atom. The Balaban J connectivity index is 1.13. The Hall–Kier alpha value is -4.08. The lowest BCUT2D eigenvalue weighted by Crippen LogP contribution is -2.50. The van der Waals surface area contributed by atoms with Crippen LogP contribution in [-0.2, 0) is 23.8 Å². The molecule has 3 amide bonds. The molecule has 1 aliphatic carbocycles. The number of esters is 1. The molecule has 260 valence electrons. The second-order valence-electron chi connectivity index (χ2n) is 15.4. The number of rotatable bonds is 7. The van der Waals surface area contributed by atoms with Crippen LogP contribution in [0.15, 0.2) is 48.5 Å². The van der Waals surface area contributed by atoms with Gasteiger partial charge < -0.3 is 29.3 Å². The first-order chi connectivity index (χ1) is 22.6. The zero-order valence-electron chi connectivity index (χ0n) is 29.3. The highest BCUT2D eigenvalue weighted by Crippen LogP contribution is 2.45. The number of hydrogen-bond donors (Lipinski definition) is 1. The maximum absolute atomic E-state index is 13.3. The smallest absolute Gasteiger partial charge is 0.410 e. The van der Waals surface area contributed by atoms with E-state index in [4.69, 9.17) is 14.2 Å². The van der Waals surface area contributed by atoms with Gasteiger partial charge in [-0.15, -0.1) is 0 Å². The second-order valence-corrected chi connectivity index (χ2v) is 15.4. The average molecular weight is 662 g/mol. The fourth-order valence-electron chi connectivity index (χ4n) is 7.05. The number of amides is 3. The largest absolute Gasteiger partial charge is 0.458 e. The number of ether oxygens (including phenoxy) is 3. The van der Waals surface area contributed by atoms with Crippen molar-refractivity contribution >= 4 is 24.1 Å². The van der Waals surface area contributed by atoms with Crippen molar-refractivity contribution in [3.8, 4) is 11.1 Å². The van der Waals surface area contributed by atoms with E-state index in [-0.39, 0.29) is 42.8 Å². The lowest BCUT2D eigenvalue weighted by Gasteiger charge is -2.46. The highest BCUT2D eigenvalue weighted by atomic mass is 16.6. The summed E-state index contributed by atoms with van der Waals surface area (Å²) in [6.07, 6.45) is 2.71. The molecule has 0 aromatic heterocycles. The molecule has 0 radical (unpaired) electrons. The Morgan fingerprint density at radius 3 is 1.79 bits per heavy atom. The van der Waals surface area contributed by atoms with E-state index in [1.165, 1.54) is 0 Å². The SMILES string of the molecule is CC(C)(C)OC(=O)[C@H](CCC(=O)N1CCC2(CC1)CCN(C(=O)OC(C)(C)C)CC2)NC(=O)OCC1c2ccccc2-c2ccccc21. The zero-order chi connectivity index (χ0) is 34.7. The normalized spacial score (nSPS) is 18.0. The highest BCUT2D eigenvalue weighted by molar-refractivity contribution is 5.83. The van der Waals surface area contributed by atoms with Crippen LogP contribution >= 0.6 is 0 Å². The summed E-state index contributed by atoms with van der Waals surface area (Å²) in [7, 11) is 0. The monoisotopic (exact) mass is 661 g/mol. The summed E-state index contributed by atoms with van der Waals surface area (Å²) in [4.78, 5) is 55.7. The van der Waals surface area contributed by atoms with Crippen molar-refractivity contribution in [1.82, 2.24) is 15.1 Å². The van der Waals surface area contributed by atoms with Gasteiger partial charge in [-0.2, -0.15) is 0 Å². The van der Waals surface area contributed by atoms with E-state index in [2.05, 4.69) is 17.4 Å². The molecule has 1 N–H and O–H groups in total. The number of nitrogens with zero attached hydrogens (tertiary/aromatic N) is 2. The van der Waals surface area contributed by atoms with Crippen molar-refractivity contribution in [2.24, 2.45) is 5.41 Å². The lowest BCUT2D eigenvalue weighted by molar-refractivity contribution is -0.157. The molecule has 0 unspecified atom stereocenters. The van der Waals surface area contributed by atoms with Gasteiger partial charge in [0.05, 0.1) is 0 Å². The van der Waals surface area contributed by atoms with Crippen molar-refractivity contribution in [1.29, 1.82) is 0 Å². The minimum Gasteiger partial charge on any atom is -0.458 e. The zero-order valence-corrected chi connectivity index (χ0v) is 29.3. The first-order valence-electron chi connectivity index (χ1n) is 17.2. The molecule has 0 bridgehead atoms. The second kappa shape index (κ2) is 14.2. The molecule has 1 spiro atoms. The van der Waals surface area contributed by atoms with Crippen molar-refractivity contribution in [3.05, 3.63) is 59.7 Å². The number of hydrogen-bond acceptors (Lipinski definition) is 7. The summed E-state index contributed by atoms with van der Waals surface area (Å²) in [6, 6.07) is 15.2. The van der Waals surface area contributed by atoms with Gasteiger partial charge >= 0.3 is 18.2 Å². The molecule has 48 heavy (non-hydrogen) atoms. The van der Waals surface area contributed by atoms with Crippen LogP contribution in [0.4, 0.5) is 9.59 Å². The van der Waals surface area contributed by atoms with Crippen molar-refractivity contribution in [2.45, 2.75) is 103 Å². The van der Waals surface area contributed by atoms with E-state index in [0.717, 1.165) is 47.9 Å². The third kappa shape index (κ3) is 8.68. The summed E-state index contributed by atoms with van der Waals surface area (Å²) in [5, 5.41) is 2.69. The molecular formula is C38H51N3O7. The van der Waals surface area contributed by atoms with Gasteiger partial charge in [0.1, 0.15) is 23.9 Å². The van der Waals surface area contributed by atoms with Crippen LogP contribution in [0.1, 0.15) is 97.1 Å². The highest BCUT2D eigenvalue weighted by Gasteiger charge is 2.40. The lowest BCUT2D eigenvalue weighted by atomic mass is 9.71. The predicted molar refractivity (Wildman–Crippen MR) is 182 cm³/mol. The Labute approximate surface area is 284 Å². The van der Waals surface area contributed by atoms with Crippen LogP contribution in [0, 0.1) is 5.41 Å². The van der Waals surface area contributed by atoms with Gasteiger partial charge in [-0.3, -0.25) is 4.79 Å². The molecule has 0 saturated carbocycles. The summed E-state index contributed by atoms with van der Waals surface area (Å²) in [5.74, 6) is -0.770. The molecule has 10 heteroatoms. The number of fused-ring (bicyclic) bond motifs is 3. The standard InChI is InChI=1S/C38H51N3O7/c1-36(2,3)47-33(43)31(39-34(44)46-25-30-28-13-9-7-11-26(28)27-12-8-10-14-29(27)30)15-16-32(42)40-21-17-38(18-22-40)19-23-41(24-20-38)35(45)48-37(4,5)6/h7-14,30-31H,15-25H2,1-6H3,(H,39,44)/t31-/m0/s1. The quantitative estimate of drug-likeness (QED) is 0.261. The number of alkyl carbamates (subject to hydrolysis) is 1. The first-order valence-corrected chi connectivity index (χ1v) is 17.2. The minimum atomic E-state index is -1.03. The van der Waals surface area contributed by atoms with E-state index in [9.17, 15) is 19.2 Å². The third-order valence-corrected chi connectivity index (χ3v) is 9.63. The Kier molecular flexibility index (Phi) is 10.4. The molecule has 2 aromatic rings. The van der Waals surface area contributed by atoms with E-state index in [1.807, 2.05) is 62.1 Å². The number of piperidine rings is 2. The molecule has 2 aromatic carbocycles. The molecule has 10 nitrogen and oxygen atoms in total. The number of nitrogens with one attached hydrogen (secondary N) is 1. The summed E-state index contributed by atoms with van der Waals surface area (Å²) in [6.45, 7) is 13.6. The van der Waals surface area contributed by atoms with Crippen LogP contribution in [0.3, 0.4) is 0 Å². The van der Waals surface area contributed by atoms with Gasteiger partial charge in [0.2, 0.25) is 5.91 Å². The van der Waals surface area contributed by atoms with Crippen LogP contribution in [0.5, 0.6) is 0 Å². The number of benzene rings is 2. The van der Waals surface area contributed by atoms with Crippen molar-refractivity contribution in [2.75, 3.05) is 32.8 Å². The predicted octanol–water partition coefficient (Wildman–Crippen LogP) is 6.66. The average Bonchev–Trinajstić information content (AvgIpc) is 3.34. The van der Waals surface area contributed by atoms with Gasteiger partial charge in [0.15, 0.2) is 0 Å². The first kappa shape index (κ1) is 35.2. The summed E-state index contributed by atoms with van der Waals surface area (Å²) in [5.41, 5.74) is 3.27. The van der Waals surface area contributed by atoms with Crippen molar-refractivity contribution < 1.29 is 33.4 Å². The van der Waals surface area contributed by atoms with Crippen molar-refractivity contribution in [3.63, 3.8) is 0 Å². The van der Waals surface area contributed by atoms with E-state index < -0.39 is 29.3 Å². The molecule has 2 fully saturated rings. The maximum Gasteiger partial charge on any atom is 0.410 e. The fraction of sp³-hybridized carbons (Fsp3) is 0.579. The number of carbonyl (C=O) groups excluding carboxylic acids is 4. The summed E-state index contributed by atoms with van der Waals surface area (Å²) < 4.78 is 16.8. The molecule has 1 atom stereocenters. The van der Waals surface area contributed by atoms with Crippen LogP contribution in [0.2, 0.25) is 0 Å². The molecule has 2 aliphatic heterocycles. The number of likely N-dealkylation sites (tertiary alicyclic amines) is 2. The molecule has 2 heterocycles. The maximum atomic E-state index is 13.3. The minimum absolute atomic E-state index is 0.0565. The molecule has 3 aliphatic rings. The van der Waals surface area contributed by atoms with Gasteiger partial charge in [-0.05, 0) is 101 Å². The molecule has 2 saturated heterocycles.